The van der Waals surface area contributed by atoms with Crippen molar-refractivity contribution < 1.29 is 9.90 Å². The van der Waals surface area contributed by atoms with E-state index in [-0.39, 0.29) is 18.4 Å². The van der Waals surface area contributed by atoms with Gasteiger partial charge in [0.1, 0.15) is 5.82 Å². The summed E-state index contributed by atoms with van der Waals surface area (Å²) in [7, 11) is 0. The first-order valence-corrected chi connectivity index (χ1v) is 8.81. The van der Waals surface area contributed by atoms with E-state index >= 15 is 0 Å². The Bertz CT molecular complexity index is 561. The molecule has 0 bridgehead atoms. The maximum atomic E-state index is 12.3. The smallest absolute Gasteiger partial charge is 0.223 e. The number of pyridine rings is 1. The van der Waals surface area contributed by atoms with Crippen LogP contribution >= 0.6 is 11.6 Å². The first-order chi connectivity index (χ1) is 11.1. The summed E-state index contributed by atoms with van der Waals surface area (Å²) in [5.74, 6) is 0.727. The summed E-state index contributed by atoms with van der Waals surface area (Å²) in [5, 5.41) is 14.2. The fraction of sp³-hybridized carbons (Fsp3) is 0.647. The second-order valence-corrected chi connectivity index (χ2v) is 7.18. The molecule has 5 nitrogen and oxygen atoms in total. The molecule has 1 aliphatic heterocycles. The molecule has 1 aromatic rings. The third-order valence-electron chi connectivity index (χ3n) is 4.87. The van der Waals surface area contributed by atoms with Gasteiger partial charge in [-0.25, -0.2) is 4.98 Å². The SMILES string of the molecule is O=C(CC1(O)CCCCC1)NC1CCN(c2ncccc2Cl)C1. The number of halogens is 1. The summed E-state index contributed by atoms with van der Waals surface area (Å²) in [6.45, 7) is 1.53. The maximum Gasteiger partial charge on any atom is 0.223 e. The number of aliphatic hydroxyl groups is 1. The molecule has 3 rings (SSSR count). The van der Waals surface area contributed by atoms with Crippen LogP contribution in [0.25, 0.3) is 0 Å². The van der Waals surface area contributed by atoms with E-state index in [1.807, 2.05) is 12.1 Å². The Kier molecular flexibility index (Phi) is 5.07. The monoisotopic (exact) mass is 337 g/mol. The summed E-state index contributed by atoms with van der Waals surface area (Å²) >= 11 is 6.18. The van der Waals surface area contributed by atoms with Crippen LogP contribution in [0.4, 0.5) is 5.82 Å². The maximum absolute atomic E-state index is 12.3. The van der Waals surface area contributed by atoms with Gasteiger partial charge in [-0.3, -0.25) is 4.79 Å². The first-order valence-electron chi connectivity index (χ1n) is 8.43. The van der Waals surface area contributed by atoms with Gasteiger partial charge in [-0.05, 0) is 31.4 Å². The predicted molar refractivity (Wildman–Crippen MR) is 90.7 cm³/mol. The Morgan fingerprint density at radius 1 is 1.43 bits per heavy atom. The van der Waals surface area contributed by atoms with Crippen LogP contribution in [0.15, 0.2) is 18.3 Å². The number of carbonyl (C=O) groups excluding carboxylic acids is 1. The van der Waals surface area contributed by atoms with Crippen LogP contribution in [0.1, 0.15) is 44.9 Å². The number of carbonyl (C=O) groups is 1. The summed E-state index contributed by atoms with van der Waals surface area (Å²) in [6.07, 6.45) is 7.48. The summed E-state index contributed by atoms with van der Waals surface area (Å²) in [6, 6.07) is 3.73. The number of anilines is 1. The minimum atomic E-state index is -0.801. The molecule has 1 amide bonds. The Hall–Kier alpha value is -1.33. The minimum absolute atomic E-state index is 0.0478. The molecule has 1 aliphatic carbocycles. The van der Waals surface area contributed by atoms with Crippen LogP contribution in [-0.2, 0) is 4.79 Å². The van der Waals surface area contributed by atoms with Gasteiger partial charge >= 0.3 is 0 Å². The topological polar surface area (TPSA) is 65.5 Å². The number of rotatable bonds is 4. The predicted octanol–water partition coefficient (Wildman–Crippen LogP) is 2.52. The molecule has 1 aromatic heterocycles. The van der Waals surface area contributed by atoms with Crippen LogP contribution in [0.5, 0.6) is 0 Å². The Morgan fingerprint density at radius 3 is 2.96 bits per heavy atom. The van der Waals surface area contributed by atoms with E-state index in [4.69, 9.17) is 11.6 Å². The van der Waals surface area contributed by atoms with E-state index < -0.39 is 5.60 Å². The lowest BCUT2D eigenvalue weighted by Crippen LogP contribution is -2.43. The molecule has 2 heterocycles. The highest BCUT2D eigenvalue weighted by atomic mass is 35.5. The van der Waals surface area contributed by atoms with Gasteiger partial charge in [-0.1, -0.05) is 30.9 Å². The molecule has 2 aliphatic rings. The van der Waals surface area contributed by atoms with Crippen molar-refractivity contribution in [3.63, 3.8) is 0 Å². The Morgan fingerprint density at radius 2 is 2.22 bits per heavy atom. The standard InChI is InChI=1S/C17H24ClN3O2/c18-14-5-4-9-19-16(14)21-10-6-13(12-21)20-15(22)11-17(23)7-2-1-3-8-17/h4-5,9,13,23H,1-3,6-8,10-12H2,(H,20,22). The van der Waals surface area contributed by atoms with Crippen molar-refractivity contribution in [3.8, 4) is 0 Å². The van der Waals surface area contributed by atoms with Gasteiger partial charge in [0, 0.05) is 25.3 Å². The van der Waals surface area contributed by atoms with Crippen molar-refractivity contribution in [2.75, 3.05) is 18.0 Å². The Labute approximate surface area is 142 Å². The molecule has 23 heavy (non-hydrogen) atoms. The lowest BCUT2D eigenvalue weighted by atomic mass is 9.82. The van der Waals surface area contributed by atoms with E-state index in [0.717, 1.165) is 50.9 Å². The third-order valence-corrected chi connectivity index (χ3v) is 5.16. The lowest BCUT2D eigenvalue weighted by Gasteiger charge is -2.31. The molecular formula is C17H24ClN3O2. The minimum Gasteiger partial charge on any atom is -0.389 e. The summed E-state index contributed by atoms with van der Waals surface area (Å²) < 4.78 is 0. The molecule has 1 saturated heterocycles. The average Bonchev–Trinajstić information content (AvgIpc) is 2.96. The first kappa shape index (κ1) is 16.5. The number of hydrogen-bond donors (Lipinski definition) is 2. The van der Waals surface area contributed by atoms with E-state index in [1.165, 1.54) is 0 Å². The largest absolute Gasteiger partial charge is 0.389 e. The highest BCUT2D eigenvalue weighted by molar-refractivity contribution is 6.32. The molecule has 1 atom stereocenters. The zero-order valence-corrected chi connectivity index (χ0v) is 14.1. The van der Waals surface area contributed by atoms with Gasteiger partial charge in [-0.15, -0.1) is 0 Å². The average molecular weight is 338 g/mol. The van der Waals surface area contributed by atoms with Crippen LogP contribution in [0.3, 0.4) is 0 Å². The van der Waals surface area contributed by atoms with Crippen molar-refractivity contribution >= 4 is 23.3 Å². The number of aromatic nitrogens is 1. The quantitative estimate of drug-likeness (QED) is 0.886. The number of hydrogen-bond acceptors (Lipinski definition) is 4. The van der Waals surface area contributed by atoms with Crippen molar-refractivity contribution in [2.45, 2.75) is 56.6 Å². The zero-order chi connectivity index (χ0) is 16.3. The van der Waals surface area contributed by atoms with Crippen molar-refractivity contribution in [1.29, 1.82) is 0 Å². The summed E-state index contributed by atoms with van der Waals surface area (Å²) in [5.41, 5.74) is -0.801. The lowest BCUT2D eigenvalue weighted by molar-refractivity contribution is -0.128. The van der Waals surface area contributed by atoms with Crippen molar-refractivity contribution in [2.24, 2.45) is 0 Å². The number of nitrogens with zero attached hydrogens (tertiary/aromatic N) is 2. The van der Waals surface area contributed by atoms with Crippen molar-refractivity contribution in [1.82, 2.24) is 10.3 Å². The zero-order valence-electron chi connectivity index (χ0n) is 13.3. The van der Waals surface area contributed by atoms with Gasteiger partial charge < -0.3 is 15.3 Å². The van der Waals surface area contributed by atoms with Gasteiger partial charge in [0.05, 0.1) is 17.0 Å². The molecule has 0 aromatic carbocycles. The molecule has 0 radical (unpaired) electrons. The van der Waals surface area contributed by atoms with Gasteiger partial charge in [0.25, 0.3) is 0 Å². The third kappa shape index (κ3) is 4.15. The van der Waals surface area contributed by atoms with Crippen molar-refractivity contribution in [3.05, 3.63) is 23.4 Å². The van der Waals surface area contributed by atoms with Crippen LogP contribution in [0.2, 0.25) is 5.02 Å². The molecule has 0 spiro atoms. The number of nitrogens with one attached hydrogen (secondary N) is 1. The van der Waals surface area contributed by atoms with Gasteiger partial charge in [0.15, 0.2) is 0 Å². The van der Waals surface area contributed by atoms with Crippen LogP contribution < -0.4 is 10.2 Å². The number of amides is 1. The fourth-order valence-corrected chi connectivity index (χ4v) is 3.89. The second kappa shape index (κ2) is 7.05. The fourth-order valence-electron chi connectivity index (χ4n) is 3.64. The van der Waals surface area contributed by atoms with Gasteiger partial charge in [-0.2, -0.15) is 0 Å². The highest BCUT2D eigenvalue weighted by Gasteiger charge is 2.33. The normalized spacial score (nSPS) is 23.7. The Balaban J connectivity index is 1.52. The van der Waals surface area contributed by atoms with E-state index in [0.29, 0.717) is 11.6 Å². The molecule has 1 saturated carbocycles. The molecule has 2 N–H and O–H groups in total. The van der Waals surface area contributed by atoms with Crippen LogP contribution in [-0.4, -0.2) is 40.7 Å². The molecule has 126 valence electrons. The molecule has 1 unspecified atom stereocenters. The summed E-state index contributed by atoms with van der Waals surface area (Å²) in [4.78, 5) is 18.7. The molecule has 6 heteroatoms. The molecular weight excluding hydrogens is 314 g/mol. The van der Waals surface area contributed by atoms with E-state index in [2.05, 4.69) is 15.2 Å². The van der Waals surface area contributed by atoms with E-state index in [9.17, 15) is 9.90 Å². The van der Waals surface area contributed by atoms with Crippen LogP contribution in [0, 0.1) is 0 Å². The highest BCUT2D eigenvalue weighted by Crippen LogP contribution is 2.31. The van der Waals surface area contributed by atoms with E-state index in [1.54, 1.807) is 6.20 Å². The van der Waals surface area contributed by atoms with Gasteiger partial charge in [0.2, 0.25) is 5.91 Å². The molecule has 2 fully saturated rings. The second-order valence-electron chi connectivity index (χ2n) is 6.77.